The first-order valence-electron chi connectivity index (χ1n) is 17.3. The molecule has 0 aliphatic rings. The molecule has 1 N–H and O–H groups in total. The number of carbonyl (C=O) groups excluding carboxylic acids is 1. The molecule has 0 saturated carbocycles. The SMILES string of the molecule is CCCCC/C=C\C/C=C\CCCCCCCC(=O)OC.CCCCCCCC/C=C\CCCCCCCC(=O)O. The molecule has 0 saturated heterocycles. The number of esters is 1. The Balaban J connectivity index is 0. The second kappa shape index (κ2) is 38.2. The summed E-state index contributed by atoms with van der Waals surface area (Å²) in [6.45, 7) is 4.50. The quantitative estimate of drug-likeness (QED) is 0.0546. The van der Waals surface area contributed by atoms with Crippen molar-refractivity contribution >= 4 is 11.9 Å². The van der Waals surface area contributed by atoms with Crippen LogP contribution in [0.3, 0.4) is 0 Å². The molecule has 0 bridgehead atoms. The van der Waals surface area contributed by atoms with E-state index in [4.69, 9.17) is 5.11 Å². The zero-order valence-electron chi connectivity index (χ0n) is 27.5. The maximum atomic E-state index is 10.9. The van der Waals surface area contributed by atoms with Gasteiger partial charge in [-0.3, -0.25) is 9.59 Å². The fourth-order valence-electron chi connectivity index (χ4n) is 4.53. The molecule has 0 rings (SSSR count). The number of carbonyl (C=O) groups is 2. The lowest BCUT2D eigenvalue weighted by atomic mass is 10.1. The largest absolute Gasteiger partial charge is 0.481 e. The van der Waals surface area contributed by atoms with Crippen LogP contribution in [0.1, 0.15) is 181 Å². The highest BCUT2D eigenvalue weighted by molar-refractivity contribution is 5.69. The Morgan fingerprint density at radius 2 is 0.829 bits per heavy atom. The van der Waals surface area contributed by atoms with E-state index >= 15 is 0 Å². The van der Waals surface area contributed by atoms with Crippen LogP contribution in [0.25, 0.3) is 0 Å². The van der Waals surface area contributed by atoms with Gasteiger partial charge in [0.05, 0.1) is 7.11 Å². The minimum absolute atomic E-state index is 0.0827. The average Bonchev–Trinajstić information content (AvgIpc) is 2.97. The number of aliphatic carboxylic acids is 1. The van der Waals surface area contributed by atoms with Gasteiger partial charge in [-0.15, -0.1) is 0 Å². The second-order valence-electron chi connectivity index (χ2n) is 11.3. The third-order valence-corrected chi connectivity index (χ3v) is 7.21. The lowest BCUT2D eigenvalue weighted by molar-refractivity contribution is -0.141. The number of carboxylic acid groups (broad SMARTS) is 1. The molecule has 41 heavy (non-hydrogen) atoms. The van der Waals surface area contributed by atoms with Gasteiger partial charge in [0.25, 0.3) is 0 Å². The van der Waals surface area contributed by atoms with Crippen molar-refractivity contribution in [2.24, 2.45) is 0 Å². The Bertz CT molecular complexity index is 620. The van der Waals surface area contributed by atoms with Crippen molar-refractivity contribution in [3.8, 4) is 0 Å². The minimum Gasteiger partial charge on any atom is -0.481 e. The van der Waals surface area contributed by atoms with Gasteiger partial charge in [-0.05, 0) is 70.6 Å². The molecule has 4 heteroatoms. The van der Waals surface area contributed by atoms with E-state index in [1.165, 1.54) is 129 Å². The van der Waals surface area contributed by atoms with Crippen molar-refractivity contribution in [2.75, 3.05) is 7.11 Å². The molecule has 0 atom stereocenters. The number of hydrogen-bond acceptors (Lipinski definition) is 3. The smallest absolute Gasteiger partial charge is 0.305 e. The van der Waals surface area contributed by atoms with Crippen LogP contribution in [0.15, 0.2) is 36.5 Å². The third-order valence-electron chi connectivity index (χ3n) is 7.21. The zero-order chi connectivity index (χ0) is 30.5. The van der Waals surface area contributed by atoms with E-state index in [1.807, 2.05) is 0 Å². The van der Waals surface area contributed by atoms with Crippen LogP contribution in [-0.4, -0.2) is 24.2 Å². The Hall–Kier alpha value is -1.84. The van der Waals surface area contributed by atoms with Crippen molar-refractivity contribution in [2.45, 2.75) is 181 Å². The van der Waals surface area contributed by atoms with E-state index in [9.17, 15) is 9.59 Å². The van der Waals surface area contributed by atoms with Gasteiger partial charge >= 0.3 is 11.9 Å². The molecule has 0 spiro atoms. The molecular formula is C37H68O4. The summed E-state index contributed by atoms with van der Waals surface area (Å²) in [5.41, 5.74) is 0. The fraction of sp³-hybridized carbons (Fsp3) is 0.784. The number of rotatable bonds is 29. The summed E-state index contributed by atoms with van der Waals surface area (Å²) in [5, 5.41) is 8.51. The molecule has 0 aromatic heterocycles. The van der Waals surface area contributed by atoms with E-state index in [1.54, 1.807) is 0 Å². The lowest BCUT2D eigenvalue weighted by Crippen LogP contribution is -1.98. The molecule has 0 aliphatic carbocycles. The Morgan fingerprint density at radius 1 is 0.488 bits per heavy atom. The Kier molecular flexibility index (Phi) is 38.4. The summed E-state index contributed by atoms with van der Waals surface area (Å²) in [7, 11) is 1.45. The van der Waals surface area contributed by atoms with Crippen LogP contribution in [0.5, 0.6) is 0 Å². The molecule has 4 nitrogen and oxygen atoms in total. The van der Waals surface area contributed by atoms with Crippen LogP contribution >= 0.6 is 0 Å². The van der Waals surface area contributed by atoms with E-state index < -0.39 is 5.97 Å². The number of carboxylic acids is 1. The first-order chi connectivity index (χ1) is 20.1. The normalized spacial score (nSPS) is 11.4. The average molecular weight is 577 g/mol. The maximum absolute atomic E-state index is 10.9. The van der Waals surface area contributed by atoms with E-state index in [0.717, 1.165) is 32.1 Å². The summed E-state index contributed by atoms with van der Waals surface area (Å²) in [6.07, 6.45) is 44.3. The van der Waals surface area contributed by atoms with Crippen LogP contribution in [-0.2, 0) is 14.3 Å². The van der Waals surface area contributed by atoms with Crippen molar-refractivity contribution in [3.05, 3.63) is 36.5 Å². The number of allylic oxidation sites excluding steroid dienone is 6. The van der Waals surface area contributed by atoms with Crippen molar-refractivity contribution in [1.82, 2.24) is 0 Å². The monoisotopic (exact) mass is 577 g/mol. The summed E-state index contributed by atoms with van der Waals surface area (Å²) < 4.78 is 4.62. The van der Waals surface area contributed by atoms with Gasteiger partial charge in [-0.2, -0.15) is 0 Å². The predicted octanol–water partition coefficient (Wildman–Crippen LogP) is 12.1. The molecule has 0 fully saturated rings. The fourth-order valence-corrected chi connectivity index (χ4v) is 4.53. The molecular weight excluding hydrogens is 508 g/mol. The van der Waals surface area contributed by atoms with Crippen molar-refractivity contribution in [1.29, 1.82) is 0 Å². The number of unbranched alkanes of at least 4 members (excludes halogenated alkanes) is 19. The molecule has 0 radical (unpaired) electrons. The van der Waals surface area contributed by atoms with Gasteiger partial charge in [0.2, 0.25) is 0 Å². The summed E-state index contributed by atoms with van der Waals surface area (Å²) in [5.74, 6) is -0.747. The van der Waals surface area contributed by atoms with Crippen LogP contribution in [0, 0.1) is 0 Å². The molecule has 0 aliphatic heterocycles. The van der Waals surface area contributed by atoms with E-state index in [2.05, 4.69) is 55.0 Å². The standard InChI is InChI=1S/C19H34O2.C18H34O2/c1-3-4-5-6-7-8-9-10-11-12-13-14-15-16-17-18-19(20)21-2;1-2-3-4-5-6-7-8-9-10-11-12-13-14-15-16-17-18(19)20/h7-8,10-11H,3-6,9,12-18H2,1-2H3;9-10H,2-8,11-17H2,1H3,(H,19,20)/b8-7-,11-10-;10-9-. The molecule has 240 valence electrons. The summed E-state index contributed by atoms with van der Waals surface area (Å²) in [4.78, 5) is 21.2. The Morgan fingerprint density at radius 3 is 1.27 bits per heavy atom. The van der Waals surface area contributed by atoms with Crippen LogP contribution in [0.2, 0.25) is 0 Å². The first kappa shape index (κ1) is 41.3. The highest BCUT2D eigenvalue weighted by atomic mass is 16.5. The van der Waals surface area contributed by atoms with Gasteiger partial charge in [0.1, 0.15) is 0 Å². The maximum Gasteiger partial charge on any atom is 0.305 e. The highest BCUT2D eigenvalue weighted by Gasteiger charge is 1.98. The van der Waals surface area contributed by atoms with Gasteiger partial charge in [0.15, 0.2) is 0 Å². The number of hydrogen-bond donors (Lipinski definition) is 1. The molecule has 0 aromatic rings. The van der Waals surface area contributed by atoms with Gasteiger partial charge in [-0.25, -0.2) is 0 Å². The van der Waals surface area contributed by atoms with Crippen molar-refractivity contribution < 1.29 is 19.4 Å². The Labute approximate surface area is 255 Å². The van der Waals surface area contributed by atoms with Crippen molar-refractivity contribution in [3.63, 3.8) is 0 Å². The molecule has 0 heterocycles. The first-order valence-corrected chi connectivity index (χ1v) is 17.3. The second-order valence-corrected chi connectivity index (χ2v) is 11.3. The summed E-state index contributed by atoms with van der Waals surface area (Å²) >= 11 is 0. The molecule has 0 aromatic carbocycles. The minimum atomic E-state index is -0.664. The number of ether oxygens (including phenoxy) is 1. The summed E-state index contributed by atoms with van der Waals surface area (Å²) in [6, 6.07) is 0. The predicted molar refractivity (Wildman–Crippen MR) is 178 cm³/mol. The van der Waals surface area contributed by atoms with E-state index in [0.29, 0.717) is 12.8 Å². The third kappa shape index (κ3) is 42.8. The van der Waals surface area contributed by atoms with Gasteiger partial charge in [0, 0.05) is 12.8 Å². The molecule has 0 unspecified atom stereocenters. The number of methoxy groups -OCH3 is 1. The highest BCUT2D eigenvalue weighted by Crippen LogP contribution is 2.10. The zero-order valence-corrected chi connectivity index (χ0v) is 27.5. The van der Waals surface area contributed by atoms with Crippen LogP contribution in [0.4, 0.5) is 0 Å². The van der Waals surface area contributed by atoms with Gasteiger partial charge < -0.3 is 9.84 Å². The van der Waals surface area contributed by atoms with Gasteiger partial charge in [-0.1, -0.05) is 134 Å². The topological polar surface area (TPSA) is 63.6 Å². The molecule has 0 amide bonds. The van der Waals surface area contributed by atoms with Crippen LogP contribution < -0.4 is 0 Å². The lowest BCUT2D eigenvalue weighted by Gasteiger charge is -1.99. The van der Waals surface area contributed by atoms with E-state index in [-0.39, 0.29) is 5.97 Å².